The monoisotopic (exact) mass is 270 g/mol. The van der Waals surface area contributed by atoms with Crippen molar-refractivity contribution in [3.05, 3.63) is 42.7 Å². The summed E-state index contributed by atoms with van der Waals surface area (Å²) in [4.78, 5) is 27.1. The summed E-state index contributed by atoms with van der Waals surface area (Å²) in [5.74, 6) is -0.775. The molecule has 1 aromatic carbocycles. The predicted molar refractivity (Wildman–Crippen MR) is 70.2 cm³/mol. The van der Waals surface area contributed by atoms with Crippen molar-refractivity contribution >= 4 is 17.7 Å². The summed E-state index contributed by atoms with van der Waals surface area (Å²) >= 11 is 0. The minimum Gasteiger partial charge on any atom is -0.481 e. The summed E-state index contributed by atoms with van der Waals surface area (Å²) in [6.07, 6.45) is 2.92. The molecule has 100 valence electrons. The molecule has 1 aliphatic heterocycles. The smallest absolute Gasteiger partial charge is 0.359 e. The highest BCUT2D eigenvalue weighted by Crippen LogP contribution is 2.18. The van der Waals surface area contributed by atoms with E-state index in [2.05, 4.69) is 10.3 Å². The van der Waals surface area contributed by atoms with Gasteiger partial charge in [-0.3, -0.25) is 10.1 Å². The molecule has 0 aliphatic carbocycles. The molecule has 6 heteroatoms. The Hall–Kier alpha value is -2.76. The Labute approximate surface area is 114 Å². The van der Waals surface area contributed by atoms with E-state index < -0.39 is 12.0 Å². The van der Waals surface area contributed by atoms with Gasteiger partial charge in [-0.15, -0.1) is 0 Å². The van der Waals surface area contributed by atoms with Crippen LogP contribution in [0.15, 0.2) is 42.7 Å². The van der Waals surface area contributed by atoms with Crippen LogP contribution in [0.2, 0.25) is 0 Å². The summed E-state index contributed by atoms with van der Waals surface area (Å²) < 4.78 is 1.42. The maximum Gasteiger partial charge on any atom is 0.359 e. The average Bonchev–Trinajstić information content (AvgIpc) is 2.75. The Morgan fingerprint density at radius 3 is 2.80 bits per heavy atom. The summed E-state index contributed by atoms with van der Waals surface area (Å²) in [7, 11) is 0. The van der Waals surface area contributed by atoms with Gasteiger partial charge < -0.3 is 5.11 Å². The van der Waals surface area contributed by atoms with E-state index in [0.29, 0.717) is 11.5 Å². The Bertz CT molecular complexity index is 685. The van der Waals surface area contributed by atoms with E-state index in [-0.39, 0.29) is 12.3 Å². The predicted octanol–water partition coefficient (Wildman–Crippen LogP) is 0.945. The number of carbonyl (C=O) groups is 2. The second-order valence-electron chi connectivity index (χ2n) is 4.53. The van der Waals surface area contributed by atoms with Gasteiger partial charge in [0.1, 0.15) is 18.1 Å². The molecule has 0 bridgehead atoms. The number of benzene rings is 1. The van der Waals surface area contributed by atoms with Crippen LogP contribution in [0, 0.1) is 0 Å². The highest BCUT2D eigenvalue weighted by Gasteiger charge is 2.39. The van der Waals surface area contributed by atoms with Crippen LogP contribution in [0.3, 0.4) is 0 Å². The second-order valence-corrected chi connectivity index (χ2v) is 4.53. The minimum absolute atomic E-state index is 0.249. The first kappa shape index (κ1) is 12.3. The third-order valence-electron chi connectivity index (χ3n) is 3.14. The standard InChI is InChI=1S/C14H11N3O3/c18-13(19)6-10-14(20)17-8-11(15-7-12(17)16-10)9-4-2-1-3-5-9/h1-5,7-8,10H,6H2,(H,18,19)/p+1. The fraction of sp³-hybridized carbons (Fsp3) is 0.143. The van der Waals surface area contributed by atoms with Crippen LogP contribution in [-0.2, 0) is 4.79 Å². The van der Waals surface area contributed by atoms with Crippen molar-refractivity contribution in [2.75, 3.05) is 5.32 Å². The molecule has 1 aliphatic rings. The van der Waals surface area contributed by atoms with Gasteiger partial charge in [-0.1, -0.05) is 30.3 Å². The van der Waals surface area contributed by atoms with Crippen LogP contribution < -0.4 is 9.88 Å². The highest BCUT2D eigenvalue weighted by molar-refractivity contribution is 5.86. The zero-order valence-corrected chi connectivity index (χ0v) is 10.5. The molecule has 6 nitrogen and oxygen atoms in total. The van der Waals surface area contributed by atoms with Gasteiger partial charge in [0.15, 0.2) is 0 Å². The normalized spacial score (nSPS) is 16.6. The maximum atomic E-state index is 12.1. The van der Waals surface area contributed by atoms with E-state index in [1.54, 1.807) is 12.4 Å². The summed E-state index contributed by atoms with van der Waals surface area (Å²) in [6.45, 7) is 0. The quantitative estimate of drug-likeness (QED) is 0.811. The Balaban J connectivity index is 1.95. The van der Waals surface area contributed by atoms with E-state index in [4.69, 9.17) is 5.11 Å². The van der Waals surface area contributed by atoms with Crippen LogP contribution >= 0.6 is 0 Å². The fourth-order valence-corrected chi connectivity index (χ4v) is 2.19. The summed E-state index contributed by atoms with van der Waals surface area (Å²) in [6, 6.07) is 8.75. The van der Waals surface area contributed by atoms with Crippen molar-refractivity contribution in [2.45, 2.75) is 12.5 Å². The summed E-state index contributed by atoms with van der Waals surface area (Å²) in [5, 5.41) is 11.7. The van der Waals surface area contributed by atoms with Gasteiger partial charge in [0.05, 0.1) is 6.42 Å². The molecule has 20 heavy (non-hydrogen) atoms. The Morgan fingerprint density at radius 1 is 1.35 bits per heavy atom. The first-order chi connectivity index (χ1) is 9.65. The molecule has 0 spiro atoms. The molecule has 0 saturated carbocycles. The lowest BCUT2D eigenvalue weighted by molar-refractivity contribution is -0.552. The van der Waals surface area contributed by atoms with Gasteiger partial charge >= 0.3 is 17.7 Å². The highest BCUT2D eigenvalue weighted by atomic mass is 16.4. The van der Waals surface area contributed by atoms with E-state index in [9.17, 15) is 9.59 Å². The number of hydrogen-bond acceptors (Lipinski definition) is 4. The van der Waals surface area contributed by atoms with Crippen molar-refractivity contribution in [1.29, 1.82) is 0 Å². The topological polar surface area (TPSA) is 83.2 Å². The average molecular weight is 270 g/mol. The van der Waals surface area contributed by atoms with E-state index in [1.165, 1.54) is 4.57 Å². The molecule has 1 aromatic heterocycles. The lowest BCUT2D eigenvalue weighted by atomic mass is 10.1. The number of carbonyl (C=O) groups excluding carboxylic acids is 1. The Morgan fingerprint density at radius 2 is 2.10 bits per heavy atom. The molecular formula is C14H12N3O3+. The van der Waals surface area contributed by atoms with Crippen molar-refractivity contribution < 1.29 is 19.3 Å². The molecule has 0 radical (unpaired) electrons. The number of nitrogens with one attached hydrogen (secondary N) is 1. The maximum absolute atomic E-state index is 12.1. The van der Waals surface area contributed by atoms with Crippen molar-refractivity contribution in [3.8, 4) is 11.3 Å². The number of carboxylic acids is 1. The minimum atomic E-state index is -1.01. The van der Waals surface area contributed by atoms with Crippen LogP contribution in [0.25, 0.3) is 11.3 Å². The van der Waals surface area contributed by atoms with Crippen molar-refractivity contribution in [1.82, 2.24) is 4.98 Å². The number of aromatic nitrogens is 2. The lowest BCUT2D eigenvalue weighted by Crippen LogP contribution is -2.43. The molecule has 3 rings (SSSR count). The Kier molecular flexibility index (Phi) is 2.90. The molecule has 1 unspecified atom stereocenters. The van der Waals surface area contributed by atoms with Crippen LogP contribution in [-0.4, -0.2) is 28.0 Å². The zero-order chi connectivity index (χ0) is 14.1. The molecule has 0 fully saturated rings. The first-order valence-corrected chi connectivity index (χ1v) is 6.15. The first-order valence-electron chi connectivity index (χ1n) is 6.15. The number of rotatable bonds is 3. The second kappa shape index (κ2) is 4.73. The lowest BCUT2D eigenvalue weighted by Gasteiger charge is -1.99. The number of anilines is 1. The number of aliphatic carboxylic acids is 1. The van der Waals surface area contributed by atoms with E-state index in [0.717, 1.165) is 5.56 Å². The van der Waals surface area contributed by atoms with Gasteiger partial charge in [0.25, 0.3) is 0 Å². The van der Waals surface area contributed by atoms with Crippen LogP contribution in [0.5, 0.6) is 0 Å². The van der Waals surface area contributed by atoms with Crippen molar-refractivity contribution in [3.63, 3.8) is 0 Å². The molecular weight excluding hydrogens is 258 g/mol. The number of fused-ring (bicyclic) bond motifs is 1. The largest absolute Gasteiger partial charge is 0.481 e. The van der Waals surface area contributed by atoms with Gasteiger partial charge in [-0.2, -0.15) is 4.57 Å². The van der Waals surface area contributed by atoms with Crippen LogP contribution in [0.1, 0.15) is 11.2 Å². The van der Waals surface area contributed by atoms with Gasteiger partial charge in [-0.25, -0.2) is 9.78 Å². The van der Waals surface area contributed by atoms with Gasteiger partial charge in [0, 0.05) is 5.56 Å². The molecule has 0 amide bonds. The molecule has 2 N–H and O–H groups in total. The number of nitrogens with zero attached hydrogens (tertiary/aromatic N) is 2. The van der Waals surface area contributed by atoms with E-state index >= 15 is 0 Å². The molecule has 1 atom stereocenters. The fourth-order valence-electron chi connectivity index (χ4n) is 2.19. The van der Waals surface area contributed by atoms with Gasteiger partial charge in [-0.05, 0) is 0 Å². The third kappa shape index (κ3) is 2.11. The molecule has 2 aromatic rings. The summed E-state index contributed by atoms with van der Waals surface area (Å²) in [5.41, 5.74) is 1.57. The third-order valence-corrected chi connectivity index (χ3v) is 3.14. The van der Waals surface area contributed by atoms with E-state index in [1.807, 2.05) is 30.3 Å². The number of carboxylic acid groups (broad SMARTS) is 1. The molecule has 2 heterocycles. The van der Waals surface area contributed by atoms with Crippen molar-refractivity contribution in [2.24, 2.45) is 0 Å². The SMILES string of the molecule is O=C(O)CC1Nc2cnc(-c3ccccc3)c[n+]2C1=O. The zero-order valence-electron chi connectivity index (χ0n) is 10.5. The van der Waals surface area contributed by atoms with Gasteiger partial charge in [0.2, 0.25) is 6.04 Å². The van der Waals surface area contributed by atoms with Crippen LogP contribution in [0.4, 0.5) is 5.82 Å². The molecule has 0 saturated heterocycles. The number of hydrogen-bond donors (Lipinski definition) is 2.